The van der Waals surface area contributed by atoms with Gasteiger partial charge in [-0.25, -0.2) is 0 Å². The maximum Gasteiger partial charge on any atom is 0.325 e. The molecule has 19 heavy (non-hydrogen) atoms. The Labute approximate surface area is 116 Å². The summed E-state index contributed by atoms with van der Waals surface area (Å²) in [6.45, 7) is 7.65. The van der Waals surface area contributed by atoms with Gasteiger partial charge in [-0.1, -0.05) is 0 Å². The van der Waals surface area contributed by atoms with E-state index in [2.05, 4.69) is 11.8 Å². The van der Waals surface area contributed by atoms with E-state index in [9.17, 15) is 4.79 Å². The first-order chi connectivity index (χ1) is 8.92. The topological polar surface area (TPSA) is 64.8 Å². The van der Waals surface area contributed by atoms with Crippen LogP contribution in [0, 0.1) is 0 Å². The fourth-order valence-corrected chi connectivity index (χ4v) is 2.48. The van der Waals surface area contributed by atoms with Crippen molar-refractivity contribution in [3.05, 3.63) is 0 Å². The summed E-state index contributed by atoms with van der Waals surface area (Å²) in [4.78, 5) is 14.2. The largest absolute Gasteiger partial charge is 0.465 e. The lowest BCUT2D eigenvalue weighted by atomic mass is 9.94. The fourth-order valence-electron chi connectivity index (χ4n) is 2.48. The van der Waals surface area contributed by atoms with Crippen molar-refractivity contribution in [1.29, 1.82) is 0 Å². The Hall–Kier alpha value is -0.650. The van der Waals surface area contributed by atoms with Crippen LogP contribution in [-0.4, -0.2) is 55.4 Å². The first-order valence-electron chi connectivity index (χ1n) is 7.13. The van der Waals surface area contributed by atoms with E-state index < -0.39 is 5.54 Å². The molecule has 1 aliphatic carbocycles. The Morgan fingerprint density at radius 2 is 2.16 bits per heavy atom. The molecule has 5 nitrogen and oxygen atoms in total. The third-order valence-corrected chi connectivity index (χ3v) is 3.60. The van der Waals surface area contributed by atoms with E-state index in [1.165, 1.54) is 12.8 Å². The van der Waals surface area contributed by atoms with Gasteiger partial charge in [0, 0.05) is 25.7 Å². The second-order valence-electron chi connectivity index (χ2n) is 5.65. The Balaban J connectivity index is 2.54. The van der Waals surface area contributed by atoms with Crippen molar-refractivity contribution < 1.29 is 14.3 Å². The number of ether oxygens (including phenoxy) is 2. The van der Waals surface area contributed by atoms with Gasteiger partial charge in [0.2, 0.25) is 0 Å². The molecule has 0 spiro atoms. The summed E-state index contributed by atoms with van der Waals surface area (Å²) in [6.07, 6.45) is 3.07. The number of esters is 1. The van der Waals surface area contributed by atoms with E-state index in [-0.39, 0.29) is 12.0 Å². The zero-order valence-electron chi connectivity index (χ0n) is 12.6. The Kier molecular flexibility index (Phi) is 6.23. The quantitative estimate of drug-likeness (QED) is 0.638. The Morgan fingerprint density at radius 3 is 2.63 bits per heavy atom. The maximum absolute atomic E-state index is 11.8. The van der Waals surface area contributed by atoms with Crippen LogP contribution in [0.3, 0.4) is 0 Å². The summed E-state index contributed by atoms with van der Waals surface area (Å²) in [7, 11) is 1.71. The van der Waals surface area contributed by atoms with Gasteiger partial charge in [-0.15, -0.1) is 0 Å². The summed E-state index contributed by atoms with van der Waals surface area (Å²) in [5.41, 5.74) is 5.18. The van der Waals surface area contributed by atoms with Gasteiger partial charge >= 0.3 is 5.97 Å². The minimum absolute atomic E-state index is 0.252. The summed E-state index contributed by atoms with van der Waals surface area (Å²) < 4.78 is 10.2. The molecular formula is C14H28N2O3. The van der Waals surface area contributed by atoms with Crippen LogP contribution in [0.25, 0.3) is 0 Å². The predicted molar refractivity (Wildman–Crippen MR) is 74.9 cm³/mol. The molecule has 0 aliphatic heterocycles. The van der Waals surface area contributed by atoms with Crippen LogP contribution in [0.2, 0.25) is 0 Å². The van der Waals surface area contributed by atoms with Crippen LogP contribution < -0.4 is 5.73 Å². The molecule has 0 aromatic carbocycles. The lowest BCUT2D eigenvalue weighted by molar-refractivity contribution is -0.149. The number of carbonyl (C=O) groups is 1. The fraction of sp³-hybridized carbons (Fsp3) is 0.929. The smallest absolute Gasteiger partial charge is 0.325 e. The Morgan fingerprint density at radius 1 is 1.53 bits per heavy atom. The number of hydrogen-bond acceptors (Lipinski definition) is 5. The van der Waals surface area contributed by atoms with Crippen molar-refractivity contribution in [2.24, 2.45) is 5.73 Å². The molecule has 0 amide bonds. The van der Waals surface area contributed by atoms with Crippen LogP contribution in [0.4, 0.5) is 0 Å². The molecule has 2 N–H and O–H groups in total. The van der Waals surface area contributed by atoms with Gasteiger partial charge in [-0.05, 0) is 40.0 Å². The van der Waals surface area contributed by atoms with Gasteiger partial charge in [0.05, 0.1) is 13.2 Å². The lowest BCUT2D eigenvalue weighted by Crippen LogP contribution is -2.51. The highest BCUT2D eigenvalue weighted by Crippen LogP contribution is 2.30. The van der Waals surface area contributed by atoms with E-state index in [4.69, 9.17) is 15.2 Å². The van der Waals surface area contributed by atoms with Crippen molar-refractivity contribution in [2.75, 3.05) is 26.9 Å². The molecule has 0 aromatic rings. The molecule has 112 valence electrons. The molecule has 2 atom stereocenters. The molecule has 0 radical (unpaired) electrons. The summed E-state index contributed by atoms with van der Waals surface area (Å²) >= 11 is 0. The minimum atomic E-state index is -0.921. The third-order valence-electron chi connectivity index (χ3n) is 3.60. The maximum atomic E-state index is 11.8. The van der Waals surface area contributed by atoms with Gasteiger partial charge < -0.3 is 15.2 Å². The number of hydrogen-bond donors (Lipinski definition) is 1. The van der Waals surface area contributed by atoms with Crippen LogP contribution in [-0.2, 0) is 14.3 Å². The average Bonchev–Trinajstić information content (AvgIpc) is 3.13. The first-order valence-corrected chi connectivity index (χ1v) is 7.13. The standard InChI is InChI=1S/C14H28N2O3/c1-5-19-13(17)14(3,15)10-11(2)16(8-9-18-4)12-6-7-12/h11-12H,5-10,15H2,1-4H3. The molecule has 0 aromatic heterocycles. The van der Waals surface area contributed by atoms with E-state index in [1.807, 2.05) is 0 Å². The molecule has 0 bridgehead atoms. The van der Waals surface area contributed by atoms with Crippen molar-refractivity contribution in [3.63, 3.8) is 0 Å². The van der Waals surface area contributed by atoms with Crippen LogP contribution in [0.15, 0.2) is 0 Å². The summed E-state index contributed by atoms with van der Waals surface area (Å²) in [6, 6.07) is 0.880. The molecule has 1 rings (SSSR count). The molecule has 1 aliphatic rings. The number of nitrogens with zero attached hydrogens (tertiary/aromatic N) is 1. The monoisotopic (exact) mass is 272 g/mol. The van der Waals surface area contributed by atoms with E-state index in [0.717, 1.165) is 6.54 Å². The predicted octanol–water partition coefficient (Wildman–Crippen LogP) is 1.16. The molecule has 2 unspecified atom stereocenters. The third kappa shape index (κ3) is 5.09. The second-order valence-corrected chi connectivity index (χ2v) is 5.65. The van der Waals surface area contributed by atoms with Gasteiger partial charge in [-0.3, -0.25) is 9.69 Å². The summed E-state index contributed by atoms with van der Waals surface area (Å²) in [5, 5.41) is 0. The highest BCUT2D eigenvalue weighted by molar-refractivity contribution is 5.80. The van der Waals surface area contributed by atoms with E-state index >= 15 is 0 Å². The van der Waals surface area contributed by atoms with Crippen molar-refractivity contribution in [2.45, 2.75) is 57.7 Å². The molecular weight excluding hydrogens is 244 g/mol. The molecule has 5 heteroatoms. The average molecular weight is 272 g/mol. The number of nitrogens with two attached hydrogens (primary N) is 1. The van der Waals surface area contributed by atoms with Gasteiger partial charge in [0.25, 0.3) is 0 Å². The minimum Gasteiger partial charge on any atom is -0.465 e. The van der Waals surface area contributed by atoms with Crippen LogP contribution >= 0.6 is 0 Å². The zero-order valence-corrected chi connectivity index (χ0v) is 12.6. The molecule has 0 heterocycles. The number of carbonyl (C=O) groups excluding carboxylic acids is 1. The SMILES string of the molecule is CCOC(=O)C(C)(N)CC(C)N(CCOC)C1CC1. The van der Waals surface area contributed by atoms with Gasteiger partial charge in [-0.2, -0.15) is 0 Å². The van der Waals surface area contributed by atoms with Crippen LogP contribution in [0.5, 0.6) is 0 Å². The summed E-state index contributed by atoms with van der Waals surface area (Å²) in [5.74, 6) is -0.315. The van der Waals surface area contributed by atoms with Crippen molar-refractivity contribution >= 4 is 5.97 Å². The second kappa shape index (κ2) is 7.22. The zero-order chi connectivity index (χ0) is 14.5. The van der Waals surface area contributed by atoms with Crippen molar-refractivity contribution in [1.82, 2.24) is 4.90 Å². The highest BCUT2D eigenvalue weighted by atomic mass is 16.5. The molecule has 1 fully saturated rings. The lowest BCUT2D eigenvalue weighted by Gasteiger charge is -2.33. The molecule has 0 saturated heterocycles. The van der Waals surface area contributed by atoms with Crippen molar-refractivity contribution in [3.8, 4) is 0 Å². The number of rotatable bonds is 9. The number of methoxy groups -OCH3 is 1. The highest BCUT2D eigenvalue weighted by Gasteiger charge is 2.37. The van der Waals surface area contributed by atoms with Gasteiger partial charge in [0.15, 0.2) is 0 Å². The Bertz CT molecular complexity index is 290. The van der Waals surface area contributed by atoms with Crippen LogP contribution in [0.1, 0.15) is 40.0 Å². The van der Waals surface area contributed by atoms with E-state index in [0.29, 0.717) is 25.7 Å². The van der Waals surface area contributed by atoms with E-state index in [1.54, 1.807) is 21.0 Å². The van der Waals surface area contributed by atoms with Gasteiger partial charge in [0.1, 0.15) is 5.54 Å². The normalized spacial score (nSPS) is 20.1. The molecule has 1 saturated carbocycles. The first kappa shape index (κ1) is 16.4.